The number of aromatic hydroxyl groups is 1. The van der Waals surface area contributed by atoms with Gasteiger partial charge in [-0.3, -0.25) is 9.69 Å². The summed E-state index contributed by atoms with van der Waals surface area (Å²) >= 11 is 0. The Hall–Kier alpha value is -1.75. The van der Waals surface area contributed by atoms with E-state index in [0.29, 0.717) is 5.75 Å². The molecule has 0 saturated carbocycles. The summed E-state index contributed by atoms with van der Waals surface area (Å²) in [6, 6.07) is 5.26. The molecule has 2 N–H and O–H groups in total. The highest BCUT2D eigenvalue weighted by molar-refractivity contribution is 5.67. The molecule has 0 aromatic heterocycles. The lowest BCUT2D eigenvalue weighted by Crippen LogP contribution is -2.38. The Morgan fingerprint density at radius 2 is 2.29 bits per heavy atom. The van der Waals surface area contributed by atoms with Crippen molar-refractivity contribution < 1.29 is 19.7 Å². The zero-order chi connectivity index (χ0) is 15.4. The van der Waals surface area contributed by atoms with Gasteiger partial charge in [0.15, 0.2) is 0 Å². The van der Waals surface area contributed by atoms with Gasteiger partial charge in [0.25, 0.3) is 0 Å². The Morgan fingerprint density at radius 3 is 2.95 bits per heavy atom. The van der Waals surface area contributed by atoms with Crippen molar-refractivity contribution in [3.8, 4) is 11.5 Å². The number of rotatable bonds is 5. The molecule has 1 aliphatic heterocycles. The average Bonchev–Trinajstić information content (AvgIpc) is 2.46. The molecule has 1 aromatic carbocycles. The van der Waals surface area contributed by atoms with Gasteiger partial charge in [0.2, 0.25) is 0 Å². The smallest absolute Gasteiger partial charge is 0.303 e. The third kappa shape index (κ3) is 3.88. The van der Waals surface area contributed by atoms with Gasteiger partial charge < -0.3 is 14.9 Å². The molecule has 1 saturated heterocycles. The van der Waals surface area contributed by atoms with E-state index in [1.807, 2.05) is 13.0 Å². The quantitative estimate of drug-likeness (QED) is 0.873. The number of carboxylic acids is 1. The number of benzene rings is 1. The van der Waals surface area contributed by atoms with Crippen LogP contribution in [0.2, 0.25) is 0 Å². The summed E-state index contributed by atoms with van der Waals surface area (Å²) in [6.07, 6.45) is 2.17. The number of phenols is 1. The first-order valence-electron chi connectivity index (χ1n) is 7.34. The van der Waals surface area contributed by atoms with Crippen molar-refractivity contribution in [3.63, 3.8) is 0 Å². The number of nitrogens with zero attached hydrogens (tertiary/aromatic N) is 1. The predicted octanol–water partition coefficient (Wildman–Crippen LogP) is 2.65. The Labute approximate surface area is 125 Å². The van der Waals surface area contributed by atoms with Crippen molar-refractivity contribution in [1.82, 2.24) is 4.90 Å². The Bertz CT molecular complexity index is 503. The van der Waals surface area contributed by atoms with Crippen molar-refractivity contribution in [3.05, 3.63) is 23.8 Å². The van der Waals surface area contributed by atoms with Gasteiger partial charge in [-0.1, -0.05) is 0 Å². The summed E-state index contributed by atoms with van der Waals surface area (Å²) in [7, 11) is 1.60. The van der Waals surface area contributed by atoms with Crippen LogP contribution in [0.15, 0.2) is 18.2 Å². The van der Waals surface area contributed by atoms with Gasteiger partial charge in [0.1, 0.15) is 11.5 Å². The zero-order valence-corrected chi connectivity index (χ0v) is 12.6. The Morgan fingerprint density at radius 1 is 1.52 bits per heavy atom. The van der Waals surface area contributed by atoms with Gasteiger partial charge >= 0.3 is 5.97 Å². The SMILES string of the molecule is COc1ccc(O)c(C(C)N2CCCC(CC(=O)O)C2)c1. The zero-order valence-electron chi connectivity index (χ0n) is 12.6. The molecule has 5 heteroatoms. The molecule has 0 amide bonds. The van der Waals surface area contributed by atoms with E-state index < -0.39 is 5.97 Å². The van der Waals surface area contributed by atoms with Crippen LogP contribution < -0.4 is 4.74 Å². The van der Waals surface area contributed by atoms with E-state index in [0.717, 1.165) is 31.5 Å². The maximum Gasteiger partial charge on any atom is 0.303 e. The molecule has 2 unspecified atom stereocenters. The maximum absolute atomic E-state index is 10.9. The van der Waals surface area contributed by atoms with Gasteiger partial charge in [-0.2, -0.15) is 0 Å². The van der Waals surface area contributed by atoms with Gasteiger partial charge in [0.05, 0.1) is 7.11 Å². The van der Waals surface area contributed by atoms with Crippen LogP contribution in [0.1, 0.15) is 37.8 Å². The lowest BCUT2D eigenvalue weighted by Gasteiger charge is -2.36. The first-order chi connectivity index (χ1) is 10.0. The van der Waals surface area contributed by atoms with E-state index in [-0.39, 0.29) is 24.1 Å². The molecule has 1 fully saturated rings. The fraction of sp³-hybridized carbons (Fsp3) is 0.562. The molecule has 0 radical (unpaired) electrons. The van der Waals surface area contributed by atoms with Gasteiger partial charge in [-0.05, 0) is 50.4 Å². The van der Waals surface area contributed by atoms with E-state index in [9.17, 15) is 9.90 Å². The second-order valence-electron chi connectivity index (χ2n) is 5.70. The minimum Gasteiger partial charge on any atom is -0.508 e. The molecule has 0 bridgehead atoms. The summed E-state index contributed by atoms with van der Waals surface area (Å²) in [5.41, 5.74) is 0.824. The van der Waals surface area contributed by atoms with E-state index in [2.05, 4.69) is 4.90 Å². The number of phenolic OH excluding ortho intramolecular Hbond substituents is 1. The van der Waals surface area contributed by atoms with Crippen molar-refractivity contribution >= 4 is 5.97 Å². The number of hydrogen-bond donors (Lipinski definition) is 2. The third-order valence-electron chi connectivity index (χ3n) is 4.25. The normalized spacial score (nSPS) is 21.0. The van der Waals surface area contributed by atoms with E-state index in [1.165, 1.54) is 0 Å². The fourth-order valence-electron chi connectivity index (χ4n) is 3.05. The number of ether oxygens (including phenoxy) is 1. The molecular weight excluding hydrogens is 270 g/mol. The van der Waals surface area contributed by atoms with Crippen molar-refractivity contribution in [2.75, 3.05) is 20.2 Å². The Kier molecular flexibility index (Phi) is 5.07. The first-order valence-corrected chi connectivity index (χ1v) is 7.34. The van der Waals surface area contributed by atoms with Crippen LogP contribution in [0.25, 0.3) is 0 Å². The summed E-state index contributed by atoms with van der Waals surface area (Å²) in [5.74, 6) is 0.419. The number of carbonyl (C=O) groups is 1. The standard InChI is InChI=1S/C16H23NO4/c1-11(14-9-13(21-2)5-6-15(14)18)17-7-3-4-12(10-17)8-16(19)20/h5-6,9,11-12,18H,3-4,7-8,10H2,1-2H3,(H,19,20). The lowest BCUT2D eigenvalue weighted by molar-refractivity contribution is -0.138. The second kappa shape index (κ2) is 6.80. The highest BCUT2D eigenvalue weighted by atomic mass is 16.5. The molecular formula is C16H23NO4. The molecule has 1 heterocycles. The molecule has 1 aromatic rings. The number of likely N-dealkylation sites (tertiary alicyclic amines) is 1. The Balaban J connectivity index is 2.11. The van der Waals surface area contributed by atoms with Gasteiger partial charge in [-0.15, -0.1) is 0 Å². The van der Waals surface area contributed by atoms with Crippen LogP contribution >= 0.6 is 0 Å². The topological polar surface area (TPSA) is 70.0 Å². The molecule has 2 rings (SSSR count). The first kappa shape index (κ1) is 15.6. The number of aliphatic carboxylic acids is 1. The number of carboxylic acid groups (broad SMARTS) is 1. The largest absolute Gasteiger partial charge is 0.508 e. The van der Waals surface area contributed by atoms with Crippen LogP contribution in [-0.2, 0) is 4.79 Å². The van der Waals surface area contributed by atoms with Crippen molar-refractivity contribution in [2.45, 2.75) is 32.2 Å². The summed E-state index contributed by atoms with van der Waals surface area (Å²) in [4.78, 5) is 13.1. The van der Waals surface area contributed by atoms with E-state index >= 15 is 0 Å². The minimum atomic E-state index is -0.737. The van der Waals surface area contributed by atoms with Crippen molar-refractivity contribution in [2.24, 2.45) is 5.92 Å². The van der Waals surface area contributed by atoms with E-state index in [4.69, 9.17) is 9.84 Å². The van der Waals surface area contributed by atoms with Crippen molar-refractivity contribution in [1.29, 1.82) is 0 Å². The highest BCUT2D eigenvalue weighted by Crippen LogP contribution is 2.34. The maximum atomic E-state index is 10.9. The van der Waals surface area contributed by atoms with Crippen LogP contribution in [0.4, 0.5) is 0 Å². The fourth-order valence-corrected chi connectivity index (χ4v) is 3.05. The second-order valence-corrected chi connectivity index (χ2v) is 5.70. The summed E-state index contributed by atoms with van der Waals surface area (Å²) in [6.45, 7) is 3.72. The van der Waals surface area contributed by atoms with Gasteiger partial charge in [0, 0.05) is 24.6 Å². The predicted molar refractivity (Wildman–Crippen MR) is 79.6 cm³/mol. The molecule has 1 aliphatic rings. The van der Waals surface area contributed by atoms with Crippen LogP contribution in [0.5, 0.6) is 11.5 Å². The number of hydrogen-bond acceptors (Lipinski definition) is 4. The summed E-state index contributed by atoms with van der Waals surface area (Å²) < 4.78 is 5.21. The molecule has 2 atom stereocenters. The van der Waals surface area contributed by atoms with Crippen LogP contribution in [0, 0.1) is 5.92 Å². The number of piperidine rings is 1. The molecule has 5 nitrogen and oxygen atoms in total. The van der Waals surface area contributed by atoms with Gasteiger partial charge in [-0.25, -0.2) is 0 Å². The summed E-state index contributed by atoms with van der Waals surface area (Å²) in [5, 5.41) is 19.0. The molecule has 0 aliphatic carbocycles. The van der Waals surface area contributed by atoms with E-state index in [1.54, 1.807) is 19.2 Å². The lowest BCUT2D eigenvalue weighted by atomic mass is 9.92. The molecule has 0 spiro atoms. The third-order valence-corrected chi connectivity index (χ3v) is 4.25. The highest BCUT2D eigenvalue weighted by Gasteiger charge is 2.27. The molecule has 21 heavy (non-hydrogen) atoms. The average molecular weight is 293 g/mol. The van der Waals surface area contributed by atoms with Crippen LogP contribution in [0.3, 0.4) is 0 Å². The minimum absolute atomic E-state index is 0.0386. The monoisotopic (exact) mass is 293 g/mol. The number of methoxy groups -OCH3 is 1. The molecule has 116 valence electrons. The van der Waals surface area contributed by atoms with Crippen LogP contribution in [-0.4, -0.2) is 41.3 Å².